The Morgan fingerprint density at radius 2 is 1.80 bits per heavy atom. The van der Waals surface area contributed by atoms with Gasteiger partial charge in [0.1, 0.15) is 5.60 Å². The molecule has 7 heteroatoms. The van der Waals surface area contributed by atoms with Crippen LogP contribution in [0.15, 0.2) is 47.5 Å². The van der Waals surface area contributed by atoms with Crippen LogP contribution in [0, 0.1) is 0 Å². The number of guanidine groups is 1. The fourth-order valence-electron chi connectivity index (χ4n) is 2.21. The molecule has 0 radical (unpaired) electrons. The van der Waals surface area contributed by atoms with E-state index in [1.807, 2.05) is 42.5 Å². The predicted octanol–water partition coefficient (Wildman–Crippen LogP) is 3.49. The summed E-state index contributed by atoms with van der Waals surface area (Å²) < 4.78 is 5.07. The fourth-order valence-corrected chi connectivity index (χ4v) is 2.21. The first kappa shape index (κ1) is 18.3. The summed E-state index contributed by atoms with van der Waals surface area (Å²) in [7, 11) is 0. The molecule has 0 bridgehead atoms. The number of carboxylic acid groups (broad SMARTS) is 1. The predicted molar refractivity (Wildman–Crippen MR) is 95.6 cm³/mol. The lowest BCUT2D eigenvalue weighted by molar-refractivity contribution is 0.0603. The number of nitrogens with one attached hydrogen (secondary N) is 2. The molecular formula is C18H21N3O4. The maximum Gasteiger partial charge on any atom is 0.437 e. The van der Waals surface area contributed by atoms with E-state index in [0.29, 0.717) is 6.54 Å². The van der Waals surface area contributed by atoms with E-state index >= 15 is 0 Å². The first-order valence-corrected chi connectivity index (χ1v) is 7.77. The number of fused-ring (bicyclic) bond motifs is 1. The Morgan fingerprint density at radius 3 is 2.48 bits per heavy atom. The Morgan fingerprint density at radius 1 is 1.12 bits per heavy atom. The number of hydrogen-bond donors (Lipinski definition) is 3. The Hall–Kier alpha value is -3.09. The number of benzene rings is 2. The van der Waals surface area contributed by atoms with Gasteiger partial charge in [-0.25, -0.2) is 9.59 Å². The van der Waals surface area contributed by atoms with E-state index in [0.717, 1.165) is 16.3 Å². The van der Waals surface area contributed by atoms with Gasteiger partial charge in [-0.1, -0.05) is 42.5 Å². The van der Waals surface area contributed by atoms with Crippen LogP contribution in [0.3, 0.4) is 0 Å². The molecule has 0 aliphatic heterocycles. The summed E-state index contributed by atoms with van der Waals surface area (Å²) in [5.74, 6) is -0.185. The van der Waals surface area contributed by atoms with Gasteiger partial charge in [0.25, 0.3) is 0 Å². The van der Waals surface area contributed by atoms with Crippen molar-refractivity contribution in [3.63, 3.8) is 0 Å². The van der Waals surface area contributed by atoms with Gasteiger partial charge in [0.05, 0.1) is 0 Å². The Balaban J connectivity index is 2.16. The first-order valence-electron chi connectivity index (χ1n) is 7.77. The van der Waals surface area contributed by atoms with Gasteiger partial charge in [0, 0.05) is 6.54 Å². The monoisotopic (exact) mass is 343 g/mol. The molecule has 2 aromatic rings. The SMILES string of the molecule is CC(C)(C)OC(=O)N=C(NCc1cccc2ccccc12)NC(=O)O. The lowest BCUT2D eigenvalue weighted by Gasteiger charge is -2.18. The van der Waals surface area contributed by atoms with Crippen LogP contribution in [-0.2, 0) is 11.3 Å². The fraction of sp³-hybridized carbons (Fsp3) is 0.278. The molecule has 2 amide bonds. The van der Waals surface area contributed by atoms with Crippen LogP contribution in [0.1, 0.15) is 26.3 Å². The van der Waals surface area contributed by atoms with E-state index in [1.54, 1.807) is 20.8 Å². The number of amides is 2. The minimum atomic E-state index is -1.33. The van der Waals surface area contributed by atoms with Gasteiger partial charge < -0.3 is 15.2 Å². The molecular weight excluding hydrogens is 322 g/mol. The molecule has 0 spiro atoms. The smallest absolute Gasteiger partial charge is 0.437 e. The molecule has 2 rings (SSSR count). The van der Waals surface area contributed by atoms with Gasteiger partial charge in [-0.2, -0.15) is 0 Å². The molecule has 0 saturated heterocycles. The Kier molecular flexibility index (Phi) is 5.59. The standard InChI is InChI=1S/C18H21N3O4/c1-18(2,3)25-17(24)21-15(20-16(22)23)19-11-13-9-6-8-12-7-4-5-10-14(12)13/h4-10H,11H2,1-3H3,(H,22,23)(H2,19,20,21,24). The number of ether oxygens (including phenoxy) is 1. The minimum absolute atomic E-state index is 0.185. The van der Waals surface area contributed by atoms with Crippen molar-refractivity contribution in [3.05, 3.63) is 48.0 Å². The number of aliphatic imine (C=N–C) groups is 1. The topological polar surface area (TPSA) is 100 Å². The lowest BCUT2D eigenvalue weighted by Crippen LogP contribution is -2.41. The van der Waals surface area contributed by atoms with E-state index in [-0.39, 0.29) is 5.96 Å². The third kappa shape index (κ3) is 5.80. The van der Waals surface area contributed by atoms with E-state index < -0.39 is 17.8 Å². The first-order chi connectivity index (χ1) is 11.7. The highest BCUT2D eigenvalue weighted by Crippen LogP contribution is 2.18. The molecule has 0 fully saturated rings. The molecule has 0 unspecified atom stereocenters. The molecule has 2 aromatic carbocycles. The highest BCUT2D eigenvalue weighted by atomic mass is 16.6. The van der Waals surface area contributed by atoms with Crippen molar-refractivity contribution in [1.29, 1.82) is 0 Å². The highest BCUT2D eigenvalue weighted by molar-refractivity contribution is 5.98. The largest absolute Gasteiger partial charge is 0.465 e. The molecule has 0 saturated carbocycles. The van der Waals surface area contributed by atoms with Crippen molar-refractivity contribution in [2.75, 3.05) is 0 Å². The van der Waals surface area contributed by atoms with Crippen molar-refractivity contribution in [3.8, 4) is 0 Å². The van der Waals surface area contributed by atoms with Gasteiger partial charge in [-0.3, -0.25) is 5.32 Å². The summed E-state index contributed by atoms with van der Waals surface area (Å²) in [6.07, 6.45) is -2.20. The van der Waals surface area contributed by atoms with Crippen molar-refractivity contribution < 1.29 is 19.4 Å². The van der Waals surface area contributed by atoms with Crippen LogP contribution in [0.25, 0.3) is 10.8 Å². The maximum atomic E-state index is 11.8. The Bertz CT molecular complexity index is 804. The third-order valence-corrected chi connectivity index (χ3v) is 3.15. The highest BCUT2D eigenvalue weighted by Gasteiger charge is 2.17. The van der Waals surface area contributed by atoms with E-state index in [4.69, 9.17) is 9.84 Å². The van der Waals surface area contributed by atoms with Crippen LogP contribution in [0.4, 0.5) is 9.59 Å². The van der Waals surface area contributed by atoms with E-state index in [1.165, 1.54) is 0 Å². The zero-order valence-corrected chi connectivity index (χ0v) is 14.4. The minimum Gasteiger partial charge on any atom is -0.465 e. The summed E-state index contributed by atoms with van der Waals surface area (Å²) in [5.41, 5.74) is 0.229. The summed E-state index contributed by atoms with van der Waals surface area (Å²) >= 11 is 0. The van der Waals surface area contributed by atoms with Gasteiger partial charge in [0.2, 0.25) is 5.96 Å². The van der Waals surface area contributed by atoms with Crippen LogP contribution in [0.5, 0.6) is 0 Å². The molecule has 0 aromatic heterocycles. The maximum absolute atomic E-state index is 11.8. The van der Waals surface area contributed by atoms with Gasteiger partial charge in [-0.15, -0.1) is 4.99 Å². The number of carbonyl (C=O) groups is 2. The Labute approximate surface area is 145 Å². The number of carbonyl (C=O) groups excluding carboxylic acids is 1. The summed E-state index contributed by atoms with van der Waals surface area (Å²) in [6, 6.07) is 13.7. The van der Waals surface area contributed by atoms with Crippen molar-refractivity contribution >= 4 is 28.9 Å². The van der Waals surface area contributed by atoms with E-state index in [9.17, 15) is 9.59 Å². The van der Waals surface area contributed by atoms with Crippen molar-refractivity contribution in [2.45, 2.75) is 32.9 Å². The van der Waals surface area contributed by atoms with Crippen molar-refractivity contribution in [1.82, 2.24) is 10.6 Å². The van der Waals surface area contributed by atoms with Crippen LogP contribution >= 0.6 is 0 Å². The zero-order chi connectivity index (χ0) is 18.4. The van der Waals surface area contributed by atoms with Gasteiger partial charge in [0.15, 0.2) is 0 Å². The third-order valence-electron chi connectivity index (χ3n) is 3.15. The average molecular weight is 343 g/mol. The molecule has 0 atom stereocenters. The second-order valence-corrected chi connectivity index (χ2v) is 6.36. The molecule has 0 heterocycles. The average Bonchev–Trinajstić information content (AvgIpc) is 2.50. The summed E-state index contributed by atoms with van der Waals surface area (Å²) in [4.78, 5) is 26.4. The van der Waals surface area contributed by atoms with Crippen LogP contribution in [0.2, 0.25) is 0 Å². The number of nitrogens with zero attached hydrogens (tertiary/aromatic N) is 1. The molecule has 0 aliphatic carbocycles. The van der Waals surface area contributed by atoms with Crippen LogP contribution < -0.4 is 10.6 Å². The molecule has 132 valence electrons. The lowest BCUT2D eigenvalue weighted by atomic mass is 10.0. The second-order valence-electron chi connectivity index (χ2n) is 6.36. The summed E-state index contributed by atoms with van der Waals surface area (Å²) in [6.45, 7) is 5.40. The number of rotatable bonds is 2. The molecule has 25 heavy (non-hydrogen) atoms. The second kappa shape index (κ2) is 7.65. The van der Waals surface area contributed by atoms with E-state index in [2.05, 4.69) is 15.6 Å². The van der Waals surface area contributed by atoms with Crippen LogP contribution in [-0.4, -0.2) is 28.9 Å². The summed E-state index contributed by atoms with van der Waals surface area (Å²) in [5, 5.41) is 15.9. The molecule has 3 N–H and O–H groups in total. The number of hydrogen-bond acceptors (Lipinski definition) is 3. The molecule has 0 aliphatic rings. The quantitative estimate of drug-likeness (QED) is 0.572. The molecule has 7 nitrogen and oxygen atoms in total. The van der Waals surface area contributed by atoms with Gasteiger partial charge in [-0.05, 0) is 37.1 Å². The van der Waals surface area contributed by atoms with Gasteiger partial charge >= 0.3 is 12.2 Å². The normalized spacial score (nSPS) is 11.9. The van der Waals surface area contributed by atoms with Crippen molar-refractivity contribution in [2.24, 2.45) is 4.99 Å². The zero-order valence-electron chi connectivity index (χ0n) is 14.4.